The van der Waals surface area contributed by atoms with Gasteiger partial charge in [-0.25, -0.2) is 0 Å². The van der Waals surface area contributed by atoms with Crippen molar-refractivity contribution in [3.8, 4) is 0 Å². The number of thioether (sulfide) groups is 2. The van der Waals surface area contributed by atoms with Gasteiger partial charge in [-0.1, -0.05) is 6.07 Å². The molecule has 1 nitrogen and oxygen atoms in total. The van der Waals surface area contributed by atoms with Crippen LogP contribution in [-0.4, -0.2) is 10.1 Å². The molecule has 1 aliphatic heterocycles. The van der Waals surface area contributed by atoms with Gasteiger partial charge in [0.25, 0.3) is 0 Å². The summed E-state index contributed by atoms with van der Waals surface area (Å²) >= 11 is 3.69. The van der Waals surface area contributed by atoms with E-state index in [1.165, 1.54) is 4.91 Å². The van der Waals surface area contributed by atoms with Gasteiger partial charge in [-0.3, -0.25) is 4.98 Å². The molecule has 0 aromatic carbocycles. The van der Waals surface area contributed by atoms with Crippen molar-refractivity contribution >= 4 is 28.4 Å². The predicted octanol–water partition coefficient (Wildman–Crippen LogP) is 2.82. The lowest BCUT2D eigenvalue weighted by Gasteiger charge is -1.96. The van der Waals surface area contributed by atoms with E-state index in [0.717, 1.165) is 10.8 Å². The maximum atomic E-state index is 4.26. The van der Waals surface area contributed by atoms with E-state index in [9.17, 15) is 0 Å². The van der Waals surface area contributed by atoms with Crippen molar-refractivity contribution in [2.45, 2.75) is 0 Å². The third-order valence-electron chi connectivity index (χ3n) is 1.39. The molecule has 0 N–H and O–H groups in total. The van der Waals surface area contributed by atoms with Gasteiger partial charge in [-0.15, -0.1) is 23.5 Å². The average molecular weight is 181 g/mol. The van der Waals surface area contributed by atoms with Crippen molar-refractivity contribution < 1.29 is 0 Å². The molecular weight excluding hydrogens is 174 g/mol. The van der Waals surface area contributed by atoms with Crippen LogP contribution in [0.1, 0.15) is 5.69 Å². The first-order valence-corrected chi connectivity index (χ1v) is 5.36. The minimum absolute atomic E-state index is 1.10. The Morgan fingerprint density at radius 2 is 2.36 bits per heavy atom. The molecule has 3 heteroatoms. The number of rotatable bonds is 1. The number of pyridine rings is 1. The van der Waals surface area contributed by atoms with E-state index in [4.69, 9.17) is 0 Å². The van der Waals surface area contributed by atoms with E-state index in [1.807, 2.05) is 47.9 Å². The monoisotopic (exact) mass is 181 g/mol. The maximum Gasteiger partial charge on any atom is 0.0770 e. The van der Waals surface area contributed by atoms with Gasteiger partial charge in [-0.05, 0) is 17.5 Å². The van der Waals surface area contributed by atoms with E-state index in [-0.39, 0.29) is 0 Å². The van der Waals surface area contributed by atoms with Crippen LogP contribution in [0.15, 0.2) is 29.8 Å². The Kier molecular flexibility index (Phi) is 2.19. The summed E-state index contributed by atoms with van der Waals surface area (Å²) in [6.45, 7) is 0. The smallest absolute Gasteiger partial charge is 0.0770 e. The third-order valence-corrected chi connectivity index (χ3v) is 3.60. The van der Waals surface area contributed by atoms with Gasteiger partial charge in [0.1, 0.15) is 0 Å². The first-order valence-electron chi connectivity index (χ1n) is 3.33. The van der Waals surface area contributed by atoms with E-state index in [2.05, 4.69) is 10.4 Å². The Hall–Kier alpha value is -0.410. The summed E-state index contributed by atoms with van der Waals surface area (Å²) in [5.41, 5.74) is 1.10. The number of hydrogen-bond donors (Lipinski definition) is 0. The van der Waals surface area contributed by atoms with Gasteiger partial charge in [0.05, 0.1) is 5.69 Å². The quantitative estimate of drug-likeness (QED) is 0.661. The first kappa shape index (κ1) is 7.25. The molecule has 56 valence electrons. The minimum atomic E-state index is 1.10. The van der Waals surface area contributed by atoms with E-state index < -0.39 is 0 Å². The highest BCUT2D eigenvalue weighted by Crippen LogP contribution is 2.37. The van der Waals surface area contributed by atoms with Crippen LogP contribution < -0.4 is 0 Å². The van der Waals surface area contributed by atoms with Crippen LogP contribution in [0.3, 0.4) is 0 Å². The summed E-state index contributed by atoms with van der Waals surface area (Å²) in [5, 5.41) is 3.30. The zero-order valence-corrected chi connectivity index (χ0v) is 7.49. The summed E-state index contributed by atoms with van der Waals surface area (Å²) in [4.78, 5) is 5.56. The lowest BCUT2D eigenvalue weighted by Crippen LogP contribution is -1.80. The standard InChI is InChI=1S/C8H7NS2/c1-2-4-9-7(3-1)8-5-10-6-11-8/h1-5H,6H2. The van der Waals surface area contributed by atoms with Crippen LogP contribution in [0, 0.1) is 0 Å². The van der Waals surface area contributed by atoms with Crippen LogP contribution >= 0.6 is 23.5 Å². The molecule has 0 atom stereocenters. The highest BCUT2D eigenvalue weighted by molar-refractivity contribution is 8.25. The highest BCUT2D eigenvalue weighted by atomic mass is 32.2. The van der Waals surface area contributed by atoms with Crippen molar-refractivity contribution in [1.82, 2.24) is 4.98 Å². The van der Waals surface area contributed by atoms with Gasteiger partial charge < -0.3 is 0 Å². The normalized spacial score (nSPS) is 16.5. The fraction of sp³-hybridized carbons (Fsp3) is 0.125. The van der Waals surface area contributed by atoms with E-state index in [0.29, 0.717) is 0 Å². The predicted molar refractivity (Wildman–Crippen MR) is 52.3 cm³/mol. The Bertz CT molecular complexity index is 269. The van der Waals surface area contributed by atoms with Gasteiger partial charge in [-0.2, -0.15) is 0 Å². The molecule has 0 saturated heterocycles. The van der Waals surface area contributed by atoms with Crippen LogP contribution in [0.5, 0.6) is 0 Å². The van der Waals surface area contributed by atoms with Gasteiger partial charge in [0.2, 0.25) is 0 Å². The highest BCUT2D eigenvalue weighted by Gasteiger charge is 2.07. The van der Waals surface area contributed by atoms with Crippen LogP contribution in [0.4, 0.5) is 0 Å². The zero-order valence-electron chi connectivity index (χ0n) is 5.86. The fourth-order valence-electron chi connectivity index (χ4n) is 0.884. The zero-order chi connectivity index (χ0) is 7.52. The molecule has 0 bridgehead atoms. The molecule has 0 aliphatic carbocycles. The molecule has 0 unspecified atom stereocenters. The van der Waals surface area contributed by atoms with Crippen LogP contribution in [-0.2, 0) is 0 Å². The molecule has 11 heavy (non-hydrogen) atoms. The number of hydrogen-bond acceptors (Lipinski definition) is 3. The lowest BCUT2D eigenvalue weighted by molar-refractivity contribution is 1.29. The van der Waals surface area contributed by atoms with Crippen LogP contribution in [0.2, 0.25) is 0 Å². The van der Waals surface area contributed by atoms with Crippen molar-refractivity contribution in [1.29, 1.82) is 0 Å². The maximum absolute atomic E-state index is 4.26. The summed E-state index contributed by atoms with van der Waals surface area (Å²) in [6, 6.07) is 6.01. The molecule has 0 spiro atoms. The summed E-state index contributed by atoms with van der Waals surface area (Å²) in [7, 11) is 0. The molecule has 0 fully saturated rings. The summed E-state index contributed by atoms with van der Waals surface area (Å²) < 4.78 is 0. The van der Waals surface area contributed by atoms with E-state index in [1.54, 1.807) is 0 Å². The molecular formula is C8H7NS2. The van der Waals surface area contributed by atoms with Gasteiger partial charge >= 0.3 is 0 Å². The second kappa shape index (κ2) is 3.32. The Labute approximate surface area is 74.3 Å². The second-order valence-electron chi connectivity index (χ2n) is 2.13. The Morgan fingerprint density at radius 1 is 1.36 bits per heavy atom. The summed E-state index contributed by atoms with van der Waals surface area (Å²) in [5.74, 6) is 0. The fourth-order valence-corrected chi connectivity index (χ4v) is 2.95. The van der Waals surface area contributed by atoms with Crippen molar-refractivity contribution in [2.24, 2.45) is 0 Å². The molecule has 2 rings (SSSR count). The first-order chi connectivity index (χ1) is 5.47. The molecule has 0 saturated carbocycles. The van der Waals surface area contributed by atoms with E-state index >= 15 is 0 Å². The van der Waals surface area contributed by atoms with Crippen molar-refractivity contribution in [3.05, 3.63) is 35.5 Å². The Morgan fingerprint density at radius 3 is 3.00 bits per heavy atom. The number of aromatic nitrogens is 1. The minimum Gasteiger partial charge on any atom is -0.256 e. The SMILES string of the molecule is C1=C(c2ccccn2)SCS1. The number of nitrogens with zero attached hydrogens (tertiary/aromatic N) is 1. The topological polar surface area (TPSA) is 12.9 Å². The molecule has 1 aromatic heterocycles. The lowest BCUT2D eigenvalue weighted by atomic mass is 10.3. The molecule has 2 heterocycles. The average Bonchev–Trinajstić information content (AvgIpc) is 2.58. The second-order valence-corrected chi connectivity index (χ2v) is 4.37. The molecule has 0 radical (unpaired) electrons. The van der Waals surface area contributed by atoms with Crippen molar-refractivity contribution in [2.75, 3.05) is 5.08 Å². The molecule has 1 aliphatic rings. The van der Waals surface area contributed by atoms with Crippen molar-refractivity contribution in [3.63, 3.8) is 0 Å². The Balaban J connectivity index is 2.29. The van der Waals surface area contributed by atoms with Gasteiger partial charge in [0.15, 0.2) is 0 Å². The van der Waals surface area contributed by atoms with Gasteiger partial charge in [0, 0.05) is 16.2 Å². The third kappa shape index (κ3) is 1.60. The molecule has 0 amide bonds. The largest absolute Gasteiger partial charge is 0.256 e. The molecule has 1 aromatic rings. The summed E-state index contributed by atoms with van der Waals surface area (Å²) in [6.07, 6.45) is 1.83. The van der Waals surface area contributed by atoms with Crippen LogP contribution in [0.25, 0.3) is 4.91 Å².